The maximum absolute atomic E-state index is 12.1. The summed E-state index contributed by atoms with van der Waals surface area (Å²) in [5.41, 5.74) is 0.554. The Balaban J connectivity index is 1.77. The van der Waals surface area contributed by atoms with Gasteiger partial charge < -0.3 is 9.73 Å². The fraction of sp³-hybridized carbons (Fsp3) is 0.235. The summed E-state index contributed by atoms with van der Waals surface area (Å²) in [5, 5.41) is 9.24. The molecule has 0 spiro atoms. The van der Waals surface area contributed by atoms with E-state index in [1.165, 1.54) is 17.0 Å². The van der Waals surface area contributed by atoms with Crippen molar-refractivity contribution in [1.29, 1.82) is 0 Å². The molecule has 6 nitrogen and oxygen atoms in total. The van der Waals surface area contributed by atoms with Gasteiger partial charge in [0.1, 0.15) is 5.69 Å². The molecular weight excluding hydrogens is 326 g/mol. The van der Waals surface area contributed by atoms with Crippen LogP contribution in [0, 0.1) is 0 Å². The van der Waals surface area contributed by atoms with E-state index in [1.807, 2.05) is 24.4 Å². The van der Waals surface area contributed by atoms with Gasteiger partial charge in [0, 0.05) is 12.1 Å². The predicted octanol–water partition coefficient (Wildman–Crippen LogP) is 2.77. The topological polar surface area (TPSA) is 77.1 Å². The van der Waals surface area contributed by atoms with E-state index in [1.54, 1.807) is 29.5 Å². The average molecular weight is 343 g/mol. The van der Waals surface area contributed by atoms with E-state index in [0.717, 1.165) is 10.6 Å². The van der Waals surface area contributed by atoms with E-state index < -0.39 is 0 Å². The molecule has 0 radical (unpaired) electrons. The lowest BCUT2D eigenvalue weighted by Gasteiger charge is -2.17. The fourth-order valence-corrected chi connectivity index (χ4v) is 2.98. The van der Waals surface area contributed by atoms with E-state index in [0.29, 0.717) is 13.0 Å². The Hall–Kier alpha value is -2.67. The van der Waals surface area contributed by atoms with Crippen molar-refractivity contribution in [1.82, 2.24) is 15.1 Å². The molecule has 3 heterocycles. The van der Waals surface area contributed by atoms with Crippen LogP contribution >= 0.6 is 11.3 Å². The third kappa shape index (κ3) is 3.62. The molecule has 0 saturated carbocycles. The summed E-state index contributed by atoms with van der Waals surface area (Å²) in [6, 6.07) is 10.2. The lowest BCUT2D eigenvalue weighted by molar-refractivity contribution is 0.0902. The van der Waals surface area contributed by atoms with Crippen LogP contribution in [0.5, 0.6) is 0 Å². The number of carbonyl (C=O) groups excluding carboxylic acids is 1. The normalized spacial score (nSPS) is 12.0. The number of hydrogen-bond donors (Lipinski definition) is 1. The molecule has 24 heavy (non-hydrogen) atoms. The Bertz CT molecular complexity index is 854. The third-order valence-electron chi connectivity index (χ3n) is 3.61. The molecule has 0 bridgehead atoms. The molecule has 0 aliphatic heterocycles. The highest BCUT2D eigenvalue weighted by Crippen LogP contribution is 2.21. The van der Waals surface area contributed by atoms with E-state index in [4.69, 9.17) is 4.42 Å². The monoisotopic (exact) mass is 343 g/mol. The molecule has 0 aromatic carbocycles. The smallest absolute Gasteiger partial charge is 0.287 e. The van der Waals surface area contributed by atoms with Crippen LogP contribution in [0.2, 0.25) is 0 Å². The maximum atomic E-state index is 12.1. The number of rotatable bonds is 6. The van der Waals surface area contributed by atoms with E-state index in [2.05, 4.69) is 10.4 Å². The van der Waals surface area contributed by atoms with Gasteiger partial charge in [-0.2, -0.15) is 5.10 Å². The molecule has 3 aromatic heterocycles. The van der Waals surface area contributed by atoms with Crippen molar-refractivity contribution in [2.45, 2.75) is 25.9 Å². The molecule has 124 valence electrons. The molecular formula is C17H17N3O3S. The number of nitrogens with zero attached hydrogens (tertiary/aromatic N) is 2. The standard InChI is InChI=1S/C17H17N3O3S/c1-2-12(18-17(22)14-5-3-9-23-14)11-20-16(21)8-7-13(19-20)15-6-4-10-24-15/h3-10,12H,2,11H2,1H3,(H,18,22)/t12-/m1/s1. The van der Waals surface area contributed by atoms with Gasteiger partial charge in [-0.05, 0) is 36.1 Å². The first-order valence-corrected chi connectivity index (χ1v) is 8.51. The first-order chi connectivity index (χ1) is 11.7. The van der Waals surface area contributed by atoms with Crippen molar-refractivity contribution in [3.8, 4) is 10.6 Å². The Morgan fingerprint density at radius 2 is 2.21 bits per heavy atom. The average Bonchev–Trinajstić information content (AvgIpc) is 3.29. The lowest BCUT2D eigenvalue weighted by Crippen LogP contribution is -2.40. The quantitative estimate of drug-likeness (QED) is 0.746. The maximum Gasteiger partial charge on any atom is 0.287 e. The van der Waals surface area contributed by atoms with Crippen molar-refractivity contribution in [2.75, 3.05) is 0 Å². The molecule has 0 unspecified atom stereocenters. The van der Waals surface area contributed by atoms with Crippen LogP contribution in [0.4, 0.5) is 0 Å². The Morgan fingerprint density at radius 3 is 2.88 bits per heavy atom. The lowest BCUT2D eigenvalue weighted by atomic mass is 10.2. The van der Waals surface area contributed by atoms with Gasteiger partial charge in [0.2, 0.25) is 0 Å². The largest absolute Gasteiger partial charge is 0.459 e. The third-order valence-corrected chi connectivity index (χ3v) is 4.50. The second-order valence-corrected chi connectivity index (χ2v) is 6.22. The molecule has 0 fully saturated rings. The van der Waals surface area contributed by atoms with Crippen LogP contribution in [0.3, 0.4) is 0 Å². The Labute approximate surface area is 142 Å². The highest BCUT2D eigenvalue weighted by molar-refractivity contribution is 7.13. The number of furan rings is 1. The first-order valence-electron chi connectivity index (χ1n) is 7.63. The minimum Gasteiger partial charge on any atom is -0.459 e. The van der Waals surface area contributed by atoms with Crippen LogP contribution in [-0.4, -0.2) is 21.7 Å². The molecule has 3 aromatic rings. The van der Waals surface area contributed by atoms with Gasteiger partial charge in [0.25, 0.3) is 11.5 Å². The summed E-state index contributed by atoms with van der Waals surface area (Å²) in [6.07, 6.45) is 2.12. The van der Waals surface area contributed by atoms with Crippen LogP contribution in [0.15, 0.2) is 57.3 Å². The predicted molar refractivity (Wildman–Crippen MR) is 92.1 cm³/mol. The summed E-state index contributed by atoms with van der Waals surface area (Å²) >= 11 is 1.56. The van der Waals surface area contributed by atoms with Crippen LogP contribution in [-0.2, 0) is 6.54 Å². The second-order valence-electron chi connectivity index (χ2n) is 5.27. The van der Waals surface area contributed by atoms with Crippen molar-refractivity contribution >= 4 is 17.2 Å². The first kappa shape index (κ1) is 16.2. The zero-order chi connectivity index (χ0) is 16.9. The number of thiophene rings is 1. The number of aromatic nitrogens is 2. The summed E-state index contributed by atoms with van der Waals surface area (Å²) in [5.74, 6) is -0.0459. The SMILES string of the molecule is CC[C@H](Cn1nc(-c2cccs2)ccc1=O)NC(=O)c1ccco1. The number of amides is 1. The number of hydrogen-bond acceptors (Lipinski definition) is 5. The molecule has 1 atom stereocenters. The molecule has 3 rings (SSSR count). The van der Waals surface area contributed by atoms with Crippen molar-refractivity contribution < 1.29 is 9.21 Å². The van der Waals surface area contributed by atoms with Gasteiger partial charge in [-0.3, -0.25) is 9.59 Å². The van der Waals surface area contributed by atoms with Gasteiger partial charge >= 0.3 is 0 Å². The molecule has 0 saturated heterocycles. The Morgan fingerprint density at radius 1 is 1.33 bits per heavy atom. The van der Waals surface area contributed by atoms with Gasteiger partial charge in [0.05, 0.1) is 17.7 Å². The second kappa shape index (κ2) is 7.27. The summed E-state index contributed by atoms with van der Waals surface area (Å²) in [7, 11) is 0. The summed E-state index contributed by atoms with van der Waals surface area (Å²) in [4.78, 5) is 25.2. The molecule has 0 aliphatic carbocycles. The minimum absolute atomic E-state index is 0.194. The fourth-order valence-electron chi connectivity index (χ4n) is 2.29. The summed E-state index contributed by atoms with van der Waals surface area (Å²) < 4.78 is 6.48. The molecule has 1 amide bonds. The summed E-state index contributed by atoms with van der Waals surface area (Å²) in [6.45, 7) is 2.25. The van der Waals surface area contributed by atoms with E-state index in [-0.39, 0.29) is 23.3 Å². The van der Waals surface area contributed by atoms with Gasteiger partial charge in [-0.25, -0.2) is 4.68 Å². The molecule has 1 N–H and O–H groups in total. The van der Waals surface area contributed by atoms with Gasteiger partial charge in [0.15, 0.2) is 5.76 Å². The van der Waals surface area contributed by atoms with Gasteiger partial charge in [-0.1, -0.05) is 13.0 Å². The minimum atomic E-state index is -0.297. The van der Waals surface area contributed by atoms with Crippen molar-refractivity contribution in [2.24, 2.45) is 0 Å². The van der Waals surface area contributed by atoms with Crippen LogP contribution in [0.1, 0.15) is 23.9 Å². The highest BCUT2D eigenvalue weighted by Gasteiger charge is 2.16. The van der Waals surface area contributed by atoms with Crippen LogP contribution < -0.4 is 10.9 Å². The van der Waals surface area contributed by atoms with Crippen molar-refractivity contribution in [3.05, 3.63) is 64.2 Å². The number of nitrogens with one attached hydrogen (secondary N) is 1. The van der Waals surface area contributed by atoms with Crippen LogP contribution in [0.25, 0.3) is 10.6 Å². The zero-order valence-corrected chi connectivity index (χ0v) is 14.0. The highest BCUT2D eigenvalue weighted by atomic mass is 32.1. The Kier molecular flexibility index (Phi) is 4.90. The zero-order valence-electron chi connectivity index (χ0n) is 13.1. The van der Waals surface area contributed by atoms with E-state index >= 15 is 0 Å². The van der Waals surface area contributed by atoms with Gasteiger partial charge in [-0.15, -0.1) is 11.3 Å². The van der Waals surface area contributed by atoms with E-state index in [9.17, 15) is 9.59 Å². The number of carbonyl (C=O) groups is 1. The molecule has 7 heteroatoms. The van der Waals surface area contributed by atoms with Crippen molar-refractivity contribution in [3.63, 3.8) is 0 Å². The molecule has 0 aliphatic rings.